The van der Waals surface area contributed by atoms with Crippen LogP contribution in [-0.4, -0.2) is 26.2 Å². The lowest BCUT2D eigenvalue weighted by Gasteiger charge is -2.32. The third kappa shape index (κ3) is 1.54. The first kappa shape index (κ1) is 12.8. The van der Waals surface area contributed by atoms with Crippen LogP contribution < -0.4 is 9.80 Å². The molecule has 1 aromatic rings. The molecule has 2 saturated carbocycles. The normalized spacial score (nSPS) is 37.2. The van der Waals surface area contributed by atoms with Crippen LogP contribution in [0.4, 0.5) is 11.4 Å². The zero-order chi connectivity index (χ0) is 14.1. The minimum atomic E-state index is 0.807. The van der Waals surface area contributed by atoms with Crippen molar-refractivity contribution < 1.29 is 0 Å². The van der Waals surface area contributed by atoms with Gasteiger partial charge in [-0.15, -0.1) is 11.3 Å². The summed E-state index contributed by atoms with van der Waals surface area (Å²) in [4.78, 5) is 8.84. The number of likely N-dealkylation sites (N-methyl/N-ethyl adjacent to an activating group) is 2. The van der Waals surface area contributed by atoms with Gasteiger partial charge in [-0.05, 0) is 25.7 Å². The molecule has 4 aliphatic rings. The first-order valence-corrected chi connectivity index (χ1v) is 9.71. The quantitative estimate of drug-likeness (QED) is 0.685. The lowest BCUT2D eigenvalue weighted by atomic mass is 9.85. The van der Waals surface area contributed by atoms with Crippen molar-refractivity contribution in [3.8, 4) is 0 Å². The van der Waals surface area contributed by atoms with Gasteiger partial charge in [-0.1, -0.05) is 25.7 Å². The highest BCUT2D eigenvalue weighted by atomic mass is 32.1. The van der Waals surface area contributed by atoms with Gasteiger partial charge in [0.25, 0.3) is 0 Å². The first-order valence-electron chi connectivity index (χ1n) is 8.89. The average Bonchev–Trinajstić information content (AvgIpc) is 3.12. The summed E-state index contributed by atoms with van der Waals surface area (Å²) in [5.41, 5.74) is 3.28. The number of anilines is 2. The predicted octanol–water partition coefficient (Wildman–Crippen LogP) is 4.70. The molecule has 21 heavy (non-hydrogen) atoms. The topological polar surface area (TPSA) is 6.48 Å². The summed E-state index contributed by atoms with van der Waals surface area (Å²) < 4.78 is 0. The molecule has 2 aliphatic carbocycles. The average molecular weight is 302 g/mol. The van der Waals surface area contributed by atoms with Crippen LogP contribution >= 0.6 is 11.3 Å². The van der Waals surface area contributed by atoms with E-state index in [-0.39, 0.29) is 0 Å². The Morgan fingerprint density at radius 1 is 0.714 bits per heavy atom. The third-order valence-electron chi connectivity index (χ3n) is 6.74. The smallest absolute Gasteiger partial charge is 0.0752 e. The molecule has 0 amide bonds. The van der Waals surface area contributed by atoms with Crippen LogP contribution in [0.1, 0.15) is 73.0 Å². The predicted molar refractivity (Wildman–Crippen MR) is 91.1 cm³/mol. The summed E-state index contributed by atoms with van der Waals surface area (Å²) in [6.45, 7) is 0. The van der Waals surface area contributed by atoms with Gasteiger partial charge >= 0.3 is 0 Å². The van der Waals surface area contributed by atoms with Crippen molar-refractivity contribution >= 4 is 22.7 Å². The van der Waals surface area contributed by atoms with Gasteiger partial charge in [-0.2, -0.15) is 0 Å². The van der Waals surface area contributed by atoms with Crippen LogP contribution in [0.15, 0.2) is 0 Å². The van der Waals surface area contributed by atoms with Gasteiger partial charge in [-0.25, -0.2) is 0 Å². The molecule has 0 radical (unpaired) electrons. The van der Waals surface area contributed by atoms with Gasteiger partial charge in [0.15, 0.2) is 0 Å². The zero-order valence-corrected chi connectivity index (χ0v) is 14.1. The highest BCUT2D eigenvalue weighted by molar-refractivity contribution is 7.13. The Labute approximate surface area is 132 Å². The van der Waals surface area contributed by atoms with E-state index in [0.29, 0.717) is 0 Å². The molecule has 3 heteroatoms. The number of hydrogen-bond acceptors (Lipinski definition) is 3. The number of thiophene rings is 1. The molecule has 0 spiro atoms. The van der Waals surface area contributed by atoms with E-state index in [1.165, 1.54) is 51.4 Å². The molecule has 4 unspecified atom stereocenters. The Balaban J connectivity index is 1.63. The van der Waals surface area contributed by atoms with Crippen LogP contribution in [0.2, 0.25) is 0 Å². The SMILES string of the molecule is CN1c2c(sc3c2N(C)C2CCCCC32)C2CCCCC21. The zero-order valence-electron chi connectivity index (χ0n) is 13.3. The summed E-state index contributed by atoms with van der Waals surface area (Å²) >= 11 is 2.21. The molecule has 3 heterocycles. The molecule has 114 valence electrons. The van der Waals surface area contributed by atoms with E-state index >= 15 is 0 Å². The number of hydrogen-bond donors (Lipinski definition) is 0. The second-order valence-corrected chi connectivity index (χ2v) is 8.75. The van der Waals surface area contributed by atoms with Crippen LogP contribution in [-0.2, 0) is 0 Å². The molecule has 1 aromatic heterocycles. The molecule has 4 atom stereocenters. The van der Waals surface area contributed by atoms with E-state index in [1.807, 2.05) is 0 Å². The van der Waals surface area contributed by atoms with E-state index in [1.54, 1.807) is 21.1 Å². The van der Waals surface area contributed by atoms with Gasteiger partial charge in [-0.3, -0.25) is 0 Å². The minimum Gasteiger partial charge on any atom is -0.368 e. The Morgan fingerprint density at radius 3 is 1.62 bits per heavy atom. The summed E-state index contributed by atoms with van der Waals surface area (Å²) in [5, 5.41) is 0. The highest BCUT2D eigenvalue weighted by Crippen LogP contribution is 2.62. The third-order valence-corrected chi connectivity index (χ3v) is 8.18. The van der Waals surface area contributed by atoms with Crippen molar-refractivity contribution in [3.63, 3.8) is 0 Å². The van der Waals surface area contributed by atoms with Crippen molar-refractivity contribution in [2.75, 3.05) is 23.9 Å². The molecule has 0 aromatic carbocycles. The fourth-order valence-corrected chi connectivity index (χ4v) is 7.49. The van der Waals surface area contributed by atoms with Crippen LogP contribution in [0.5, 0.6) is 0 Å². The van der Waals surface area contributed by atoms with E-state index in [9.17, 15) is 0 Å². The van der Waals surface area contributed by atoms with Crippen LogP contribution in [0.3, 0.4) is 0 Å². The molecule has 0 bridgehead atoms. The highest BCUT2D eigenvalue weighted by Gasteiger charge is 2.48. The molecule has 2 nitrogen and oxygen atoms in total. The van der Waals surface area contributed by atoms with Gasteiger partial charge in [0, 0.05) is 47.8 Å². The molecule has 2 aliphatic heterocycles. The van der Waals surface area contributed by atoms with Crippen LogP contribution in [0, 0.1) is 0 Å². The summed E-state index contributed by atoms with van der Waals surface area (Å²) in [7, 11) is 4.75. The number of nitrogens with zero attached hydrogens (tertiary/aromatic N) is 2. The Kier molecular flexibility index (Phi) is 2.69. The molecule has 2 fully saturated rings. The maximum Gasteiger partial charge on any atom is 0.0752 e. The maximum atomic E-state index is 2.67. The molecule has 5 rings (SSSR count). The summed E-state index contributed by atoms with van der Waals surface area (Å²) in [6.07, 6.45) is 11.4. The van der Waals surface area contributed by atoms with Gasteiger partial charge in [0.2, 0.25) is 0 Å². The van der Waals surface area contributed by atoms with Gasteiger partial charge in [0.1, 0.15) is 0 Å². The second-order valence-electron chi connectivity index (χ2n) is 7.67. The molecule has 0 N–H and O–H groups in total. The molecular formula is C18H26N2S. The van der Waals surface area contributed by atoms with Crippen LogP contribution in [0.25, 0.3) is 0 Å². The van der Waals surface area contributed by atoms with E-state index < -0.39 is 0 Å². The van der Waals surface area contributed by atoms with Gasteiger partial charge in [0.05, 0.1) is 11.4 Å². The van der Waals surface area contributed by atoms with Crippen molar-refractivity contribution in [1.82, 2.24) is 0 Å². The Bertz CT molecular complexity index is 530. The molecule has 0 saturated heterocycles. The largest absolute Gasteiger partial charge is 0.368 e. The van der Waals surface area contributed by atoms with E-state index in [0.717, 1.165) is 23.9 Å². The fourth-order valence-electron chi connectivity index (χ4n) is 5.73. The minimum absolute atomic E-state index is 0.807. The maximum absolute atomic E-state index is 2.67. The first-order chi connectivity index (χ1) is 10.3. The lowest BCUT2D eigenvalue weighted by Crippen LogP contribution is -2.34. The summed E-state index contributed by atoms with van der Waals surface area (Å²) in [6, 6.07) is 1.61. The molecular weight excluding hydrogens is 276 g/mol. The van der Waals surface area contributed by atoms with E-state index in [4.69, 9.17) is 0 Å². The monoisotopic (exact) mass is 302 g/mol. The number of rotatable bonds is 0. The fraction of sp³-hybridized carbons (Fsp3) is 0.778. The second kappa shape index (κ2) is 4.41. The van der Waals surface area contributed by atoms with E-state index in [2.05, 4.69) is 35.2 Å². The van der Waals surface area contributed by atoms with Gasteiger partial charge < -0.3 is 9.80 Å². The Morgan fingerprint density at radius 2 is 1.14 bits per heavy atom. The lowest BCUT2D eigenvalue weighted by molar-refractivity contribution is 0.397. The van der Waals surface area contributed by atoms with Crippen molar-refractivity contribution in [2.24, 2.45) is 0 Å². The van der Waals surface area contributed by atoms with Crippen molar-refractivity contribution in [1.29, 1.82) is 0 Å². The number of fused-ring (bicyclic) bond motifs is 7. The standard InChI is InChI=1S/C18H26N2S/c1-19-13-9-5-3-7-11(13)17-15(19)16-18(21-17)12-8-4-6-10-14(12)20(16)2/h11-14H,3-10H2,1-2H3. The van der Waals surface area contributed by atoms with Crippen molar-refractivity contribution in [3.05, 3.63) is 9.75 Å². The summed E-state index contributed by atoms with van der Waals surface area (Å²) in [5.74, 6) is 1.70. The Hall–Kier alpha value is -0.700. The van der Waals surface area contributed by atoms with Crippen molar-refractivity contribution in [2.45, 2.75) is 75.3 Å².